The van der Waals surface area contributed by atoms with E-state index in [-0.39, 0.29) is 34.0 Å². The van der Waals surface area contributed by atoms with Crippen molar-refractivity contribution in [3.8, 4) is 0 Å². The summed E-state index contributed by atoms with van der Waals surface area (Å²) >= 11 is 0. The van der Waals surface area contributed by atoms with Crippen molar-refractivity contribution in [2.24, 2.45) is 4.99 Å². The standard InChI is InChI=1S/C31H21NO3/c1-20-6-4-7-23(18-20)32-19-22-14-12-21(13-15-22)16-17-28(33)26-10-5-11-27-29(26)31(35)25-9-3-2-8-24(25)30(27)34/h2-19H,1H3/b17-16+,32-19?. The van der Waals surface area contributed by atoms with Gasteiger partial charge in [-0.3, -0.25) is 19.4 Å². The van der Waals surface area contributed by atoms with Gasteiger partial charge in [0.25, 0.3) is 0 Å². The highest BCUT2D eigenvalue weighted by molar-refractivity contribution is 6.31. The minimum atomic E-state index is -0.326. The van der Waals surface area contributed by atoms with E-state index in [9.17, 15) is 14.4 Å². The number of allylic oxidation sites excluding steroid dienone is 1. The second-order valence-electron chi connectivity index (χ2n) is 8.39. The molecule has 168 valence electrons. The SMILES string of the molecule is Cc1cccc(N=Cc2ccc(/C=C/C(=O)c3cccc4c3C(=O)c3ccccc3C4=O)cc2)c1. The van der Waals surface area contributed by atoms with E-state index >= 15 is 0 Å². The summed E-state index contributed by atoms with van der Waals surface area (Å²) in [5, 5.41) is 0. The largest absolute Gasteiger partial charge is 0.289 e. The second-order valence-corrected chi connectivity index (χ2v) is 8.39. The first-order valence-electron chi connectivity index (χ1n) is 11.3. The normalized spacial score (nSPS) is 12.7. The van der Waals surface area contributed by atoms with E-state index in [1.807, 2.05) is 55.5 Å². The molecule has 0 heterocycles. The van der Waals surface area contributed by atoms with Crippen molar-refractivity contribution < 1.29 is 14.4 Å². The fourth-order valence-electron chi connectivity index (χ4n) is 4.16. The number of nitrogens with zero attached hydrogens (tertiary/aromatic N) is 1. The van der Waals surface area contributed by atoms with Crippen molar-refractivity contribution in [3.05, 3.63) is 142 Å². The van der Waals surface area contributed by atoms with E-state index in [4.69, 9.17) is 0 Å². The molecular weight excluding hydrogens is 434 g/mol. The Morgan fingerprint density at radius 3 is 2.11 bits per heavy atom. The first-order chi connectivity index (χ1) is 17.0. The van der Waals surface area contributed by atoms with Crippen molar-refractivity contribution in [1.29, 1.82) is 0 Å². The van der Waals surface area contributed by atoms with Gasteiger partial charge in [0.1, 0.15) is 0 Å². The van der Waals surface area contributed by atoms with Crippen molar-refractivity contribution in [3.63, 3.8) is 0 Å². The molecule has 4 aromatic carbocycles. The maximum atomic E-state index is 13.1. The van der Waals surface area contributed by atoms with Gasteiger partial charge in [-0.2, -0.15) is 0 Å². The number of ketones is 3. The summed E-state index contributed by atoms with van der Waals surface area (Å²) < 4.78 is 0. The number of aliphatic imine (C=N–C) groups is 1. The lowest BCUT2D eigenvalue weighted by atomic mass is 9.81. The quantitative estimate of drug-likeness (QED) is 0.175. The Balaban J connectivity index is 1.36. The van der Waals surface area contributed by atoms with Crippen molar-refractivity contribution in [2.75, 3.05) is 0 Å². The minimum Gasteiger partial charge on any atom is -0.289 e. The Labute approximate surface area is 203 Å². The Kier molecular flexibility index (Phi) is 5.86. The molecule has 0 aromatic heterocycles. The number of fused-ring (bicyclic) bond motifs is 2. The molecule has 0 saturated heterocycles. The second kappa shape index (κ2) is 9.27. The molecule has 4 nitrogen and oxygen atoms in total. The monoisotopic (exact) mass is 455 g/mol. The lowest BCUT2D eigenvalue weighted by Gasteiger charge is -2.19. The van der Waals surface area contributed by atoms with Crippen LogP contribution >= 0.6 is 0 Å². The van der Waals surface area contributed by atoms with Crippen LogP contribution in [0.25, 0.3) is 6.08 Å². The van der Waals surface area contributed by atoms with E-state index in [1.165, 1.54) is 6.08 Å². The smallest absolute Gasteiger partial charge is 0.195 e. The summed E-state index contributed by atoms with van der Waals surface area (Å²) in [5.41, 5.74) is 5.19. The molecule has 0 amide bonds. The summed E-state index contributed by atoms with van der Waals surface area (Å²) in [6, 6.07) is 27.1. The number of aryl methyl sites for hydroxylation is 1. The maximum Gasteiger partial charge on any atom is 0.195 e. The van der Waals surface area contributed by atoms with Gasteiger partial charge in [-0.25, -0.2) is 0 Å². The summed E-state index contributed by atoms with van der Waals surface area (Å²) in [4.78, 5) is 43.6. The third kappa shape index (κ3) is 4.42. The van der Waals surface area contributed by atoms with Gasteiger partial charge in [0.05, 0.1) is 5.69 Å². The molecule has 0 spiro atoms. The molecule has 1 aliphatic rings. The van der Waals surface area contributed by atoms with Crippen LogP contribution in [0.2, 0.25) is 0 Å². The number of carbonyl (C=O) groups is 3. The third-order valence-electron chi connectivity index (χ3n) is 5.95. The van der Waals surface area contributed by atoms with Crippen molar-refractivity contribution in [2.45, 2.75) is 6.92 Å². The number of carbonyl (C=O) groups excluding carboxylic acids is 3. The van der Waals surface area contributed by atoms with Crippen LogP contribution < -0.4 is 0 Å². The van der Waals surface area contributed by atoms with Crippen LogP contribution in [-0.2, 0) is 0 Å². The Bertz CT molecular complexity index is 1540. The van der Waals surface area contributed by atoms with Crippen LogP contribution in [0.15, 0.2) is 102 Å². The van der Waals surface area contributed by atoms with E-state index in [1.54, 1.807) is 54.8 Å². The van der Waals surface area contributed by atoms with E-state index < -0.39 is 0 Å². The molecule has 0 atom stereocenters. The first-order valence-corrected chi connectivity index (χ1v) is 11.3. The highest BCUT2D eigenvalue weighted by Crippen LogP contribution is 2.30. The predicted molar refractivity (Wildman–Crippen MR) is 138 cm³/mol. The summed E-state index contributed by atoms with van der Waals surface area (Å²) in [5.74, 6) is -0.867. The van der Waals surface area contributed by atoms with E-state index in [0.717, 1.165) is 22.4 Å². The van der Waals surface area contributed by atoms with Crippen LogP contribution in [0.5, 0.6) is 0 Å². The summed E-state index contributed by atoms with van der Waals surface area (Å²) in [6.07, 6.45) is 4.93. The highest BCUT2D eigenvalue weighted by Gasteiger charge is 2.32. The molecule has 0 N–H and O–H groups in total. The molecule has 0 bridgehead atoms. The van der Waals surface area contributed by atoms with Crippen LogP contribution in [0.4, 0.5) is 5.69 Å². The molecule has 0 unspecified atom stereocenters. The molecular formula is C31H21NO3. The fraction of sp³-hybridized carbons (Fsp3) is 0.0323. The number of hydrogen-bond donors (Lipinski definition) is 0. The lowest BCUT2D eigenvalue weighted by molar-refractivity contribution is 0.0972. The van der Waals surface area contributed by atoms with Gasteiger partial charge in [0.2, 0.25) is 0 Å². The van der Waals surface area contributed by atoms with Gasteiger partial charge in [-0.1, -0.05) is 84.9 Å². The molecule has 1 aliphatic carbocycles. The maximum absolute atomic E-state index is 13.1. The number of hydrogen-bond acceptors (Lipinski definition) is 4. The lowest BCUT2D eigenvalue weighted by Crippen LogP contribution is -2.23. The van der Waals surface area contributed by atoms with Crippen LogP contribution in [0.3, 0.4) is 0 Å². The molecule has 0 aliphatic heterocycles. The van der Waals surface area contributed by atoms with Crippen LogP contribution in [-0.4, -0.2) is 23.6 Å². The highest BCUT2D eigenvalue weighted by atomic mass is 16.1. The zero-order valence-electron chi connectivity index (χ0n) is 19.1. The van der Waals surface area contributed by atoms with Gasteiger partial charge in [0.15, 0.2) is 17.3 Å². The Morgan fingerprint density at radius 2 is 1.37 bits per heavy atom. The molecule has 4 aromatic rings. The molecule has 5 rings (SSSR count). The Hall–Kier alpha value is -4.70. The van der Waals surface area contributed by atoms with Crippen LogP contribution in [0, 0.1) is 6.92 Å². The number of rotatable bonds is 5. The zero-order valence-corrected chi connectivity index (χ0v) is 19.1. The molecule has 0 fully saturated rings. The zero-order chi connectivity index (χ0) is 24.4. The third-order valence-corrected chi connectivity index (χ3v) is 5.95. The van der Waals surface area contributed by atoms with Crippen LogP contribution in [0.1, 0.15) is 58.9 Å². The summed E-state index contributed by atoms with van der Waals surface area (Å²) in [7, 11) is 0. The molecule has 0 radical (unpaired) electrons. The average Bonchev–Trinajstić information content (AvgIpc) is 2.89. The molecule has 35 heavy (non-hydrogen) atoms. The minimum absolute atomic E-state index is 0.175. The van der Waals surface area contributed by atoms with Gasteiger partial charge in [-0.05, 0) is 41.8 Å². The first kappa shape index (κ1) is 22.1. The van der Waals surface area contributed by atoms with Crippen molar-refractivity contribution in [1.82, 2.24) is 0 Å². The molecule has 4 heteroatoms. The van der Waals surface area contributed by atoms with Gasteiger partial charge in [0, 0.05) is 34.0 Å². The van der Waals surface area contributed by atoms with Gasteiger partial charge < -0.3 is 0 Å². The summed E-state index contributed by atoms with van der Waals surface area (Å²) in [6.45, 7) is 2.03. The van der Waals surface area contributed by atoms with Crippen molar-refractivity contribution >= 4 is 35.3 Å². The van der Waals surface area contributed by atoms with Gasteiger partial charge >= 0.3 is 0 Å². The predicted octanol–water partition coefficient (Wildman–Crippen LogP) is 6.42. The fourth-order valence-corrected chi connectivity index (χ4v) is 4.16. The van der Waals surface area contributed by atoms with Gasteiger partial charge in [-0.15, -0.1) is 0 Å². The Morgan fingerprint density at radius 1 is 0.714 bits per heavy atom. The van der Waals surface area contributed by atoms with E-state index in [0.29, 0.717) is 11.1 Å². The molecule has 0 saturated carbocycles. The number of benzene rings is 4. The topological polar surface area (TPSA) is 63.6 Å². The average molecular weight is 456 g/mol. The van der Waals surface area contributed by atoms with E-state index in [2.05, 4.69) is 4.99 Å².